The topological polar surface area (TPSA) is 20.3 Å². The summed E-state index contributed by atoms with van der Waals surface area (Å²) in [7, 11) is 5.91. The number of halogens is 1. The Morgan fingerprint density at radius 2 is 2.22 bits per heavy atom. The van der Waals surface area contributed by atoms with Gasteiger partial charge in [0.15, 0.2) is 13.8 Å². The number of hydrogen-bond acceptors (Lipinski definition) is 2. The molecular formula is C14H15BFNO. The Hall–Kier alpha value is -1.16. The van der Waals surface area contributed by atoms with E-state index in [0.29, 0.717) is 24.1 Å². The highest BCUT2D eigenvalue weighted by Crippen LogP contribution is 2.52. The summed E-state index contributed by atoms with van der Waals surface area (Å²) in [5.41, 5.74) is 1.00. The zero-order valence-corrected chi connectivity index (χ0v) is 10.4. The Bertz CT molecular complexity index is 513. The average Bonchev–Trinajstić information content (AvgIpc) is 3.06. The number of ketones is 1. The molecular weight excluding hydrogens is 228 g/mol. The van der Waals surface area contributed by atoms with Gasteiger partial charge in [0.1, 0.15) is 5.82 Å². The highest BCUT2D eigenvalue weighted by Gasteiger charge is 2.57. The van der Waals surface area contributed by atoms with E-state index < -0.39 is 0 Å². The number of hydrogen-bond donors (Lipinski definition) is 0. The molecule has 0 bridgehead atoms. The summed E-state index contributed by atoms with van der Waals surface area (Å²) in [6, 6.07) is 4.93. The predicted molar refractivity (Wildman–Crippen MR) is 67.8 cm³/mol. The number of benzene rings is 1. The number of rotatable bonds is 2. The Balaban J connectivity index is 1.84. The summed E-state index contributed by atoms with van der Waals surface area (Å²) in [6.45, 7) is 2.36. The zero-order chi connectivity index (χ0) is 12.9. The van der Waals surface area contributed by atoms with Gasteiger partial charge in [-0.3, -0.25) is 4.79 Å². The van der Waals surface area contributed by atoms with Crippen molar-refractivity contribution in [2.24, 2.45) is 5.41 Å². The van der Waals surface area contributed by atoms with Crippen molar-refractivity contribution >= 4 is 13.8 Å². The maximum atomic E-state index is 13.9. The number of carbonyl (C=O) groups is 1. The van der Waals surface area contributed by atoms with Crippen molar-refractivity contribution in [1.29, 1.82) is 0 Å². The number of nitrogens with zero attached hydrogens (tertiary/aromatic N) is 1. The van der Waals surface area contributed by atoms with Crippen LogP contribution in [0.4, 0.5) is 4.39 Å². The molecule has 1 atom stereocenters. The number of Topliss-reactive ketones (excluding diaryl/α,β-unsaturated/α-hetero) is 1. The van der Waals surface area contributed by atoms with Crippen LogP contribution in [0, 0.1) is 18.2 Å². The van der Waals surface area contributed by atoms with Crippen molar-refractivity contribution in [3.63, 3.8) is 0 Å². The molecule has 1 aliphatic carbocycles. The lowest BCUT2D eigenvalue weighted by atomic mass is 9.95. The second-order valence-corrected chi connectivity index (χ2v) is 5.58. The van der Waals surface area contributed by atoms with E-state index in [-0.39, 0.29) is 23.1 Å². The summed E-state index contributed by atoms with van der Waals surface area (Å²) in [5.74, 6) is -0.0126. The Labute approximate surface area is 108 Å². The number of carbonyl (C=O) groups excluding carboxylic acids is 1. The van der Waals surface area contributed by atoms with Crippen molar-refractivity contribution in [3.8, 4) is 0 Å². The van der Waals surface area contributed by atoms with Gasteiger partial charge in [0.25, 0.3) is 0 Å². The normalized spacial score (nSPS) is 25.9. The lowest BCUT2D eigenvalue weighted by molar-refractivity contribution is -0.123. The van der Waals surface area contributed by atoms with Crippen LogP contribution in [0.3, 0.4) is 0 Å². The predicted octanol–water partition coefficient (Wildman–Crippen LogP) is 1.79. The van der Waals surface area contributed by atoms with Gasteiger partial charge >= 0.3 is 0 Å². The lowest BCUT2D eigenvalue weighted by Crippen LogP contribution is -2.33. The van der Waals surface area contributed by atoms with Crippen LogP contribution in [0.15, 0.2) is 18.2 Å². The standard InChI is InChI=1S/C14H15BFNO/c1-9-3-2-4-10(12(9)16)7-11-13(18)14(5-6-14)8-17(11)15/h2-4,11H,5-8H2,1H3. The minimum atomic E-state index is -0.358. The van der Waals surface area contributed by atoms with E-state index in [1.807, 2.05) is 6.07 Å². The Morgan fingerprint density at radius 3 is 2.83 bits per heavy atom. The molecule has 92 valence electrons. The first-order chi connectivity index (χ1) is 8.53. The molecule has 2 radical (unpaired) electrons. The SMILES string of the molecule is [B]N1CC2(CC2)C(=O)C1Cc1cccc(C)c1F. The van der Waals surface area contributed by atoms with E-state index in [0.717, 1.165) is 12.8 Å². The van der Waals surface area contributed by atoms with E-state index in [9.17, 15) is 9.18 Å². The van der Waals surface area contributed by atoms with E-state index in [1.165, 1.54) is 0 Å². The van der Waals surface area contributed by atoms with Gasteiger partial charge in [0.05, 0.1) is 6.04 Å². The average molecular weight is 243 g/mol. The van der Waals surface area contributed by atoms with Crippen LogP contribution < -0.4 is 0 Å². The van der Waals surface area contributed by atoms with Gasteiger partial charge < -0.3 is 4.81 Å². The van der Waals surface area contributed by atoms with Crippen molar-refractivity contribution < 1.29 is 9.18 Å². The fourth-order valence-electron chi connectivity index (χ4n) is 2.88. The third-order valence-corrected chi connectivity index (χ3v) is 4.25. The van der Waals surface area contributed by atoms with Crippen molar-refractivity contribution in [3.05, 3.63) is 35.1 Å². The molecule has 1 aromatic rings. The lowest BCUT2D eigenvalue weighted by Gasteiger charge is -2.18. The molecule has 2 aliphatic rings. The van der Waals surface area contributed by atoms with E-state index in [1.54, 1.807) is 23.9 Å². The van der Waals surface area contributed by atoms with Gasteiger partial charge in [-0.05, 0) is 43.9 Å². The van der Waals surface area contributed by atoms with Gasteiger partial charge in [0, 0.05) is 5.41 Å². The van der Waals surface area contributed by atoms with Gasteiger partial charge in [-0.25, -0.2) is 4.39 Å². The molecule has 1 unspecified atom stereocenters. The highest BCUT2D eigenvalue weighted by atomic mass is 19.1. The van der Waals surface area contributed by atoms with Crippen LogP contribution in [-0.2, 0) is 11.2 Å². The molecule has 0 N–H and O–H groups in total. The van der Waals surface area contributed by atoms with E-state index >= 15 is 0 Å². The van der Waals surface area contributed by atoms with Gasteiger partial charge in [-0.15, -0.1) is 0 Å². The van der Waals surface area contributed by atoms with Crippen molar-refractivity contribution in [1.82, 2.24) is 4.81 Å². The van der Waals surface area contributed by atoms with Crippen LogP contribution in [0.5, 0.6) is 0 Å². The molecule has 1 aliphatic heterocycles. The molecule has 18 heavy (non-hydrogen) atoms. The van der Waals surface area contributed by atoms with Crippen LogP contribution >= 0.6 is 0 Å². The summed E-state index contributed by atoms with van der Waals surface area (Å²) >= 11 is 0. The smallest absolute Gasteiger partial charge is 0.183 e. The number of aryl methyl sites for hydroxylation is 1. The molecule has 0 aromatic heterocycles. The third kappa shape index (κ3) is 1.71. The maximum Gasteiger partial charge on any atom is 0.183 e. The summed E-state index contributed by atoms with van der Waals surface area (Å²) in [5, 5.41) is 0. The molecule has 1 heterocycles. The maximum absolute atomic E-state index is 13.9. The van der Waals surface area contributed by atoms with Gasteiger partial charge in [-0.1, -0.05) is 18.2 Å². The van der Waals surface area contributed by atoms with E-state index in [4.69, 9.17) is 7.98 Å². The second kappa shape index (κ2) is 3.92. The quantitative estimate of drug-likeness (QED) is 0.738. The summed E-state index contributed by atoms with van der Waals surface area (Å²) < 4.78 is 13.9. The third-order valence-electron chi connectivity index (χ3n) is 4.25. The first kappa shape index (κ1) is 11.9. The molecule has 1 saturated heterocycles. The van der Waals surface area contributed by atoms with Gasteiger partial charge in [-0.2, -0.15) is 0 Å². The first-order valence-corrected chi connectivity index (χ1v) is 6.33. The summed E-state index contributed by atoms with van der Waals surface area (Å²) in [6.07, 6.45) is 2.25. The minimum absolute atomic E-state index is 0.195. The minimum Gasteiger partial charge on any atom is -0.344 e. The molecule has 1 saturated carbocycles. The zero-order valence-electron chi connectivity index (χ0n) is 10.4. The van der Waals surface area contributed by atoms with Crippen LogP contribution in [-0.4, -0.2) is 31.2 Å². The monoisotopic (exact) mass is 243 g/mol. The molecule has 3 rings (SSSR count). The van der Waals surface area contributed by atoms with Crippen molar-refractivity contribution in [2.75, 3.05) is 6.54 Å². The second-order valence-electron chi connectivity index (χ2n) is 5.58. The summed E-state index contributed by atoms with van der Waals surface area (Å²) in [4.78, 5) is 13.9. The van der Waals surface area contributed by atoms with E-state index in [2.05, 4.69) is 0 Å². The molecule has 2 nitrogen and oxygen atoms in total. The highest BCUT2D eigenvalue weighted by molar-refractivity contribution is 6.10. The Morgan fingerprint density at radius 1 is 1.50 bits per heavy atom. The van der Waals surface area contributed by atoms with Gasteiger partial charge in [0.2, 0.25) is 0 Å². The van der Waals surface area contributed by atoms with Crippen LogP contribution in [0.1, 0.15) is 24.0 Å². The first-order valence-electron chi connectivity index (χ1n) is 6.33. The molecule has 1 spiro atoms. The molecule has 2 fully saturated rings. The van der Waals surface area contributed by atoms with Crippen LogP contribution in [0.2, 0.25) is 0 Å². The molecule has 1 aromatic carbocycles. The fourth-order valence-corrected chi connectivity index (χ4v) is 2.88. The van der Waals surface area contributed by atoms with Crippen molar-refractivity contribution in [2.45, 2.75) is 32.2 Å². The fraction of sp³-hybridized carbons (Fsp3) is 0.500. The molecule has 4 heteroatoms. The molecule has 0 amide bonds. The largest absolute Gasteiger partial charge is 0.344 e. The Kier molecular flexibility index (Phi) is 2.59. The van der Waals surface area contributed by atoms with Crippen LogP contribution in [0.25, 0.3) is 0 Å².